The van der Waals surface area contributed by atoms with Gasteiger partial charge < -0.3 is 14.9 Å². The van der Waals surface area contributed by atoms with Crippen LogP contribution < -0.4 is 0 Å². The van der Waals surface area contributed by atoms with E-state index in [9.17, 15) is 5.11 Å². The summed E-state index contributed by atoms with van der Waals surface area (Å²) in [5, 5.41) is 20.6. The van der Waals surface area contributed by atoms with Crippen molar-refractivity contribution in [3.8, 4) is 11.8 Å². The Morgan fingerprint density at radius 2 is 2.12 bits per heavy atom. The molecule has 0 heterocycles. The van der Waals surface area contributed by atoms with Crippen molar-refractivity contribution in [2.24, 2.45) is 23.2 Å². The van der Waals surface area contributed by atoms with Crippen LogP contribution >= 0.6 is 0 Å². The van der Waals surface area contributed by atoms with Crippen LogP contribution in [0.3, 0.4) is 0 Å². The zero-order valence-electron chi connectivity index (χ0n) is 16.2. The predicted molar refractivity (Wildman–Crippen MR) is 102 cm³/mol. The zero-order chi connectivity index (χ0) is 18.4. The molecule has 0 aromatic carbocycles. The molecule has 142 valence electrons. The minimum Gasteiger partial charge on any atom is -0.501 e. The Balaban J connectivity index is 1.63. The van der Waals surface area contributed by atoms with E-state index in [1.54, 1.807) is 18.3 Å². The highest BCUT2D eigenvalue weighted by molar-refractivity contribution is 5.34. The topological polar surface area (TPSA) is 49.7 Å². The van der Waals surface area contributed by atoms with Gasteiger partial charge in [0.25, 0.3) is 0 Å². The third-order valence-corrected chi connectivity index (χ3v) is 8.17. The molecule has 2 fully saturated rings. The molecular formula is C23H32O3. The highest BCUT2D eigenvalue weighted by atomic mass is 16.5. The highest BCUT2D eigenvalue weighted by Crippen LogP contribution is 2.65. The number of ether oxygens (including phenoxy) is 1. The van der Waals surface area contributed by atoms with Crippen LogP contribution in [0.4, 0.5) is 0 Å². The summed E-state index contributed by atoms with van der Waals surface area (Å²) in [7, 11) is 1.78. The van der Waals surface area contributed by atoms with Crippen LogP contribution in [0.1, 0.15) is 64.7 Å². The smallest absolute Gasteiger partial charge is 0.131 e. The number of fused-ring (bicyclic) bond motifs is 4. The summed E-state index contributed by atoms with van der Waals surface area (Å²) in [5.74, 6) is 8.92. The van der Waals surface area contributed by atoms with Gasteiger partial charge in [0, 0.05) is 11.8 Å². The maximum Gasteiger partial charge on any atom is 0.131 e. The molecule has 0 amide bonds. The Kier molecular flexibility index (Phi) is 4.70. The van der Waals surface area contributed by atoms with E-state index in [0.29, 0.717) is 17.8 Å². The van der Waals surface area contributed by atoms with Crippen molar-refractivity contribution in [3.63, 3.8) is 0 Å². The molecule has 0 spiro atoms. The summed E-state index contributed by atoms with van der Waals surface area (Å²) in [5.41, 5.74) is 2.31. The summed E-state index contributed by atoms with van der Waals surface area (Å²) >= 11 is 0. The lowest BCUT2D eigenvalue weighted by Gasteiger charge is -2.54. The van der Waals surface area contributed by atoms with Crippen LogP contribution in [0.25, 0.3) is 0 Å². The van der Waals surface area contributed by atoms with Crippen molar-refractivity contribution < 1.29 is 14.9 Å². The Hall–Kier alpha value is -1.24. The van der Waals surface area contributed by atoms with Crippen molar-refractivity contribution in [1.82, 2.24) is 0 Å². The molecule has 4 unspecified atom stereocenters. The van der Waals surface area contributed by atoms with Crippen LogP contribution in [0, 0.1) is 35.0 Å². The van der Waals surface area contributed by atoms with E-state index in [1.807, 2.05) is 0 Å². The van der Waals surface area contributed by atoms with E-state index in [4.69, 9.17) is 9.84 Å². The molecule has 0 bridgehead atoms. The van der Waals surface area contributed by atoms with Crippen molar-refractivity contribution >= 4 is 0 Å². The van der Waals surface area contributed by atoms with Crippen molar-refractivity contribution in [3.05, 3.63) is 23.0 Å². The molecule has 0 aromatic heterocycles. The molecule has 0 radical (unpaired) electrons. The molecule has 4 aliphatic rings. The molecule has 0 saturated heterocycles. The van der Waals surface area contributed by atoms with E-state index in [1.165, 1.54) is 19.3 Å². The number of allylic oxidation sites excluding steroid dienone is 3. The van der Waals surface area contributed by atoms with Gasteiger partial charge in [-0.2, -0.15) is 0 Å². The second-order valence-electron chi connectivity index (χ2n) is 8.71. The van der Waals surface area contributed by atoms with Gasteiger partial charge in [-0.15, -0.1) is 0 Å². The van der Waals surface area contributed by atoms with E-state index in [-0.39, 0.29) is 12.0 Å². The first-order valence-electron chi connectivity index (χ1n) is 10.4. The van der Waals surface area contributed by atoms with Gasteiger partial charge in [-0.05, 0) is 75.2 Å². The maximum atomic E-state index is 11.4. The molecule has 3 heteroatoms. The summed E-state index contributed by atoms with van der Waals surface area (Å²) in [6.07, 6.45) is 11.8. The fraction of sp³-hybridized carbons (Fsp3) is 0.739. The summed E-state index contributed by atoms with van der Waals surface area (Å²) in [6.45, 7) is 2.06. The Morgan fingerprint density at radius 3 is 2.85 bits per heavy atom. The number of hydrogen-bond donors (Lipinski definition) is 2. The molecular weight excluding hydrogens is 324 g/mol. The van der Waals surface area contributed by atoms with Crippen LogP contribution in [0.15, 0.2) is 23.0 Å². The zero-order valence-corrected chi connectivity index (χ0v) is 16.2. The van der Waals surface area contributed by atoms with Gasteiger partial charge in [-0.1, -0.05) is 29.9 Å². The fourth-order valence-corrected chi connectivity index (χ4v) is 6.98. The molecule has 2 N–H and O–H groups in total. The first-order chi connectivity index (χ1) is 12.6. The maximum absolute atomic E-state index is 11.4. The molecule has 0 aliphatic heterocycles. The average Bonchev–Trinajstić information content (AvgIpc) is 2.99. The number of methoxy groups -OCH3 is 1. The van der Waals surface area contributed by atoms with E-state index < -0.39 is 5.60 Å². The normalized spacial score (nSPS) is 41.4. The third-order valence-electron chi connectivity index (χ3n) is 8.17. The average molecular weight is 357 g/mol. The number of rotatable bonds is 2. The summed E-state index contributed by atoms with van der Waals surface area (Å²) < 4.78 is 5.50. The molecule has 4 aliphatic carbocycles. The lowest BCUT2D eigenvalue weighted by molar-refractivity contribution is -0.0857. The van der Waals surface area contributed by atoms with Gasteiger partial charge >= 0.3 is 0 Å². The largest absolute Gasteiger partial charge is 0.501 e. The Labute approximate surface area is 157 Å². The van der Waals surface area contributed by atoms with Crippen molar-refractivity contribution in [1.29, 1.82) is 0 Å². The lowest BCUT2D eigenvalue weighted by Crippen LogP contribution is -2.52. The van der Waals surface area contributed by atoms with Crippen LogP contribution in [-0.2, 0) is 4.74 Å². The minimum absolute atomic E-state index is 0.0867. The van der Waals surface area contributed by atoms with Gasteiger partial charge in [0.05, 0.1) is 12.9 Å². The number of aliphatic hydroxyl groups excluding tert-OH is 1. The van der Waals surface area contributed by atoms with Gasteiger partial charge in [0.1, 0.15) is 12.2 Å². The highest BCUT2D eigenvalue weighted by Gasteiger charge is 2.62. The first-order valence-corrected chi connectivity index (χ1v) is 10.4. The molecule has 0 aromatic rings. The Morgan fingerprint density at radius 1 is 1.27 bits per heavy atom. The quantitative estimate of drug-likeness (QED) is 0.582. The first kappa shape index (κ1) is 18.1. The second kappa shape index (κ2) is 6.73. The molecule has 26 heavy (non-hydrogen) atoms. The Bertz CT molecular complexity index is 694. The van der Waals surface area contributed by atoms with Gasteiger partial charge in [-0.25, -0.2) is 0 Å². The predicted octanol–water partition coefficient (Wildman–Crippen LogP) is 3.96. The third kappa shape index (κ3) is 2.49. The van der Waals surface area contributed by atoms with E-state index in [0.717, 1.165) is 44.3 Å². The van der Waals surface area contributed by atoms with Crippen molar-refractivity contribution in [2.75, 3.05) is 13.7 Å². The number of aliphatic hydroxyl groups is 2. The van der Waals surface area contributed by atoms with Crippen molar-refractivity contribution in [2.45, 2.75) is 70.3 Å². The van der Waals surface area contributed by atoms with E-state index >= 15 is 0 Å². The fourth-order valence-electron chi connectivity index (χ4n) is 6.98. The van der Waals surface area contributed by atoms with E-state index in [2.05, 4.69) is 24.8 Å². The second-order valence-corrected chi connectivity index (χ2v) is 8.71. The molecule has 4 rings (SSSR count). The lowest BCUT2D eigenvalue weighted by atomic mass is 9.51. The monoisotopic (exact) mass is 356 g/mol. The standard InChI is InChI=1S/C23H32O3/c1-3-22-12-9-19-18-8-6-17(26-2)15-16(18)5-7-20(19)21(22)10-13-23(22,25)11-4-14-24/h6,19-21,24-25H,3,5,7-10,12-15H2,1-2H3/t19?,20?,21?,22?,23-/m0/s1. The van der Waals surface area contributed by atoms with Crippen LogP contribution in [0.5, 0.6) is 0 Å². The number of hydrogen-bond acceptors (Lipinski definition) is 3. The summed E-state index contributed by atoms with van der Waals surface area (Å²) in [6, 6.07) is 0. The van der Waals surface area contributed by atoms with Crippen LogP contribution in [0.2, 0.25) is 0 Å². The SMILES string of the molecule is CCC12CCC3C4=C(CCC3C1CC[C@@]2(O)C#CCO)CC(OC)=CC4. The molecule has 2 saturated carbocycles. The molecule has 3 nitrogen and oxygen atoms in total. The summed E-state index contributed by atoms with van der Waals surface area (Å²) in [4.78, 5) is 0. The van der Waals surface area contributed by atoms with Gasteiger partial charge in [-0.3, -0.25) is 0 Å². The van der Waals surface area contributed by atoms with Gasteiger partial charge in [0.15, 0.2) is 0 Å². The van der Waals surface area contributed by atoms with Crippen LogP contribution in [-0.4, -0.2) is 29.5 Å². The minimum atomic E-state index is -0.912. The van der Waals surface area contributed by atoms with Gasteiger partial charge in [0.2, 0.25) is 0 Å². The molecule has 5 atom stereocenters.